The maximum Gasteiger partial charge on any atom is 0.117 e. The number of hydrogen-bond acceptors (Lipinski definition) is 2. The number of aliphatic hydroxyl groups excluding tert-OH is 1. The highest BCUT2D eigenvalue weighted by Gasteiger charge is 2.04. The largest absolute Gasteiger partial charge is 0.510 e. The van der Waals surface area contributed by atoms with Gasteiger partial charge in [-0.3, -0.25) is 0 Å². The number of hydrogen-bond donors (Lipinski definition) is 1. The molecule has 1 unspecified atom stereocenters. The summed E-state index contributed by atoms with van der Waals surface area (Å²) < 4.78 is 4.89. The third-order valence-corrected chi connectivity index (χ3v) is 1.27. The van der Waals surface area contributed by atoms with Gasteiger partial charge in [-0.05, 0) is 18.9 Å². The van der Waals surface area contributed by atoms with Gasteiger partial charge in [-0.2, -0.15) is 0 Å². The van der Waals surface area contributed by atoms with Crippen LogP contribution in [0, 0.1) is 5.92 Å². The quantitative estimate of drug-likeness (QED) is 0.615. The highest BCUT2D eigenvalue weighted by atomic mass is 16.5. The molecule has 0 heterocycles. The minimum Gasteiger partial charge on any atom is -0.510 e. The van der Waals surface area contributed by atoms with Crippen molar-refractivity contribution in [3.8, 4) is 0 Å². The number of ether oxygens (including phenoxy) is 1. The van der Waals surface area contributed by atoms with Crippen LogP contribution in [-0.2, 0) is 4.74 Å². The van der Waals surface area contributed by atoms with E-state index in [0.29, 0.717) is 11.7 Å². The van der Waals surface area contributed by atoms with Crippen LogP contribution in [0.2, 0.25) is 0 Å². The summed E-state index contributed by atoms with van der Waals surface area (Å²) in [7, 11) is 1.58. The van der Waals surface area contributed by atoms with Crippen LogP contribution in [0.4, 0.5) is 0 Å². The van der Waals surface area contributed by atoms with Gasteiger partial charge in [0.1, 0.15) is 11.9 Å². The van der Waals surface area contributed by atoms with E-state index in [4.69, 9.17) is 4.74 Å². The fraction of sp³-hybridized carbons (Fsp3) is 0.750. The molecule has 0 spiro atoms. The second-order valence-electron chi connectivity index (χ2n) is 2.71. The van der Waals surface area contributed by atoms with Gasteiger partial charge in [0.2, 0.25) is 0 Å². The molecule has 0 rings (SSSR count). The Morgan fingerprint density at radius 1 is 1.40 bits per heavy atom. The minimum atomic E-state index is -0.178. The van der Waals surface area contributed by atoms with E-state index in [-0.39, 0.29) is 6.10 Å². The Balaban J connectivity index is 3.91. The van der Waals surface area contributed by atoms with E-state index in [9.17, 15) is 5.11 Å². The second kappa shape index (κ2) is 4.34. The smallest absolute Gasteiger partial charge is 0.117 e. The van der Waals surface area contributed by atoms with Crippen LogP contribution in [0.15, 0.2) is 11.8 Å². The first kappa shape index (κ1) is 9.50. The van der Waals surface area contributed by atoms with Crippen molar-refractivity contribution < 1.29 is 9.84 Å². The Morgan fingerprint density at radius 3 is 2.20 bits per heavy atom. The minimum absolute atomic E-state index is 0.178. The molecule has 2 nitrogen and oxygen atoms in total. The lowest BCUT2D eigenvalue weighted by molar-refractivity contribution is 0.106. The zero-order chi connectivity index (χ0) is 8.15. The highest BCUT2D eigenvalue weighted by molar-refractivity contribution is 4.97. The van der Waals surface area contributed by atoms with E-state index >= 15 is 0 Å². The SMILES string of the molecule is COC(C)C(O)=CC(C)C. The molecule has 0 aromatic carbocycles. The Bertz CT molecular complexity index is 116. The fourth-order valence-electron chi connectivity index (χ4n) is 0.598. The Kier molecular flexibility index (Phi) is 4.12. The third kappa shape index (κ3) is 3.51. The third-order valence-electron chi connectivity index (χ3n) is 1.27. The Morgan fingerprint density at radius 2 is 1.90 bits per heavy atom. The summed E-state index contributed by atoms with van der Waals surface area (Å²) in [5.41, 5.74) is 0. The van der Waals surface area contributed by atoms with Crippen LogP contribution in [0.25, 0.3) is 0 Å². The van der Waals surface area contributed by atoms with Gasteiger partial charge < -0.3 is 9.84 Å². The molecule has 0 saturated heterocycles. The number of aliphatic hydroxyl groups is 1. The molecule has 0 aromatic rings. The van der Waals surface area contributed by atoms with Crippen LogP contribution in [0.1, 0.15) is 20.8 Å². The van der Waals surface area contributed by atoms with Gasteiger partial charge in [-0.15, -0.1) is 0 Å². The van der Waals surface area contributed by atoms with E-state index < -0.39 is 0 Å². The predicted octanol–water partition coefficient (Wildman–Crippen LogP) is 2.12. The maximum atomic E-state index is 9.22. The molecule has 0 aliphatic heterocycles. The van der Waals surface area contributed by atoms with Crippen LogP contribution in [0.3, 0.4) is 0 Å². The molecular weight excluding hydrogens is 128 g/mol. The van der Waals surface area contributed by atoms with E-state index in [0.717, 1.165) is 0 Å². The molecule has 1 atom stereocenters. The van der Waals surface area contributed by atoms with Crippen LogP contribution >= 0.6 is 0 Å². The van der Waals surface area contributed by atoms with Crippen molar-refractivity contribution in [2.45, 2.75) is 26.9 Å². The van der Waals surface area contributed by atoms with Crippen molar-refractivity contribution in [3.05, 3.63) is 11.8 Å². The molecule has 0 saturated carbocycles. The van der Waals surface area contributed by atoms with E-state index in [1.165, 1.54) is 0 Å². The van der Waals surface area contributed by atoms with E-state index in [1.807, 2.05) is 20.8 Å². The maximum absolute atomic E-state index is 9.22. The molecule has 2 heteroatoms. The van der Waals surface area contributed by atoms with Crippen molar-refractivity contribution >= 4 is 0 Å². The standard InChI is InChI=1S/C8H16O2/c1-6(2)5-8(9)7(3)10-4/h5-7,9H,1-4H3. The molecule has 0 radical (unpaired) electrons. The summed E-state index contributed by atoms with van der Waals surface area (Å²) >= 11 is 0. The average Bonchev–Trinajstić information content (AvgIpc) is 1.85. The normalized spacial score (nSPS) is 15.9. The van der Waals surface area contributed by atoms with Crippen LogP contribution in [0.5, 0.6) is 0 Å². The van der Waals surface area contributed by atoms with Crippen molar-refractivity contribution in [2.75, 3.05) is 7.11 Å². The highest BCUT2D eigenvalue weighted by Crippen LogP contribution is 2.05. The topological polar surface area (TPSA) is 29.5 Å². The summed E-state index contributed by atoms with van der Waals surface area (Å²) in [4.78, 5) is 0. The van der Waals surface area contributed by atoms with Crippen LogP contribution < -0.4 is 0 Å². The van der Waals surface area contributed by atoms with Crippen molar-refractivity contribution in [1.82, 2.24) is 0 Å². The molecule has 0 fully saturated rings. The lowest BCUT2D eigenvalue weighted by Crippen LogP contribution is -2.08. The monoisotopic (exact) mass is 144 g/mol. The first-order valence-corrected chi connectivity index (χ1v) is 3.51. The summed E-state index contributed by atoms with van der Waals surface area (Å²) in [6, 6.07) is 0. The Labute approximate surface area is 62.5 Å². The van der Waals surface area contributed by atoms with Crippen molar-refractivity contribution in [1.29, 1.82) is 0 Å². The molecule has 0 aliphatic carbocycles. The fourth-order valence-corrected chi connectivity index (χ4v) is 0.598. The molecule has 10 heavy (non-hydrogen) atoms. The van der Waals surface area contributed by atoms with E-state index in [2.05, 4.69) is 0 Å². The van der Waals surface area contributed by atoms with Gasteiger partial charge in [0.05, 0.1) is 0 Å². The zero-order valence-electron chi connectivity index (χ0n) is 7.09. The first-order chi connectivity index (χ1) is 4.57. The van der Waals surface area contributed by atoms with Gasteiger partial charge in [0.25, 0.3) is 0 Å². The van der Waals surface area contributed by atoms with Crippen molar-refractivity contribution in [3.63, 3.8) is 0 Å². The van der Waals surface area contributed by atoms with Gasteiger partial charge in [-0.25, -0.2) is 0 Å². The predicted molar refractivity (Wildman–Crippen MR) is 42.0 cm³/mol. The molecule has 0 aliphatic rings. The number of rotatable bonds is 3. The average molecular weight is 144 g/mol. The number of methoxy groups -OCH3 is 1. The van der Waals surface area contributed by atoms with Crippen LogP contribution in [-0.4, -0.2) is 18.3 Å². The molecule has 0 aromatic heterocycles. The molecule has 0 amide bonds. The molecular formula is C8H16O2. The van der Waals surface area contributed by atoms with Crippen molar-refractivity contribution in [2.24, 2.45) is 5.92 Å². The van der Waals surface area contributed by atoms with Gasteiger partial charge >= 0.3 is 0 Å². The van der Waals surface area contributed by atoms with Gasteiger partial charge in [-0.1, -0.05) is 13.8 Å². The zero-order valence-corrected chi connectivity index (χ0v) is 7.09. The second-order valence-corrected chi connectivity index (χ2v) is 2.71. The summed E-state index contributed by atoms with van der Waals surface area (Å²) in [6.07, 6.45) is 1.61. The summed E-state index contributed by atoms with van der Waals surface area (Å²) in [6.45, 7) is 5.84. The molecule has 60 valence electrons. The van der Waals surface area contributed by atoms with Gasteiger partial charge in [0, 0.05) is 7.11 Å². The van der Waals surface area contributed by atoms with E-state index in [1.54, 1.807) is 13.2 Å². The summed E-state index contributed by atoms with van der Waals surface area (Å²) in [5, 5.41) is 9.22. The Hall–Kier alpha value is -0.500. The lowest BCUT2D eigenvalue weighted by atomic mass is 10.1. The first-order valence-electron chi connectivity index (χ1n) is 3.51. The number of allylic oxidation sites excluding steroid dienone is 1. The lowest BCUT2D eigenvalue weighted by Gasteiger charge is -2.08. The molecule has 0 bridgehead atoms. The van der Waals surface area contributed by atoms with Gasteiger partial charge in [0.15, 0.2) is 0 Å². The summed E-state index contributed by atoms with van der Waals surface area (Å²) in [5.74, 6) is 0.690. The molecule has 1 N–H and O–H groups in total.